The first-order valence-corrected chi connectivity index (χ1v) is 12.3. The van der Waals surface area contributed by atoms with Crippen molar-refractivity contribution in [1.29, 1.82) is 0 Å². The van der Waals surface area contributed by atoms with Crippen molar-refractivity contribution in [2.75, 3.05) is 35.4 Å². The van der Waals surface area contributed by atoms with Crippen LogP contribution >= 0.6 is 0 Å². The van der Waals surface area contributed by atoms with Crippen molar-refractivity contribution in [3.8, 4) is 0 Å². The summed E-state index contributed by atoms with van der Waals surface area (Å²) in [7, 11) is -4.12. The molecule has 0 saturated heterocycles. The molecule has 0 aliphatic carbocycles. The monoisotopic (exact) mass is 467 g/mol. The molecule has 1 amide bonds. The summed E-state index contributed by atoms with van der Waals surface area (Å²) in [5.41, 5.74) is 2.39. The third kappa shape index (κ3) is 5.17. The van der Waals surface area contributed by atoms with Crippen molar-refractivity contribution in [3.63, 3.8) is 0 Å². The molecule has 4 rings (SSSR count). The highest BCUT2D eigenvalue weighted by atomic mass is 32.2. The highest BCUT2D eigenvalue weighted by Crippen LogP contribution is 2.27. The van der Waals surface area contributed by atoms with Crippen LogP contribution in [-0.4, -0.2) is 40.5 Å². The molecule has 0 spiro atoms. The van der Waals surface area contributed by atoms with Gasteiger partial charge in [-0.2, -0.15) is 0 Å². The molecule has 3 aromatic carbocycles. The van der Waals surface area contributed by atoms with Gasteiger partial charge in [-0.1, -0.05) is 48.5 Å². The Hall–Kier alpha value is -3.39. The maximum absolute atomic E-state index is 14.5. The van der Waals surface area contributed by atoms with Crippen LogP contribution in [0.3, 0.4) is 0 Å². The Morgan fingerprint density at radius 3 is 2.45 bits per heavy atom. The molecule has 0 radical (unpaired) electrons. The molecule has 0 bridgehead atoms. The lowest BCUT2D eigenvalue weighted by atomic mass is 10.2. The van der Waals surface area contributed by atoms with E-state index in [9.17, 15) is 17.6 Å². The number of halogens is 1. The van der Waals surface area contributed by atoms with Crippen LogP contribution in [0.5, 0.6) is 0 Å². The quantitative estimate of drug-likeness (QED) is 0.489. The van der Waals surface area contributed by atoms with E-state index in [4.69, 9.17) is 0 Å². The number of benzene rings is 3. The van der Waals surface area contributed by atoms with E-state index in [1.54, 1.807) is 18.2 Å². The fourth-order valence-corrected chi connectivity index (χ4v) is 5.45. The molecule has 6 nitrogen and oxygen atoms in total. The molecule has 0 saturated carbocycles. The summed E-state index contributed by atoms with van der Waals surface area (Å²) in [5.74, 6) is -1.20. The average molecular weight is 468 g/mol. The Labute approximate surface area is 193 Å². The van der Waals surface area contributed by atoms with Crippen molar-refractivity contribution in [3.05, 3.63) is 90.2 Å². The molecule has 8 heteroatoms. The summed E-state index contributed by atoms with van der Waals surface area (Å²) >= 11 is 0. The van der Waals surface area contributed by atoms with E-state index in [1.165, 1.54) is 47.6 Å². The number of sulfonamides is 1. The third-order valence-corrected chi connectivity index (χ3v) is 7.42. The molecular formula is C25H26FN3O3S. The largest absolute Gasteiger partial charge is 0.371 e. The SMILES string of the molecule is O=C(CN(c1ccccc1F)S(=O)(=O)c1ccccc1)NCCCN1CCc2ccccc21. The number of carbonyl (C=O) groups is 1. The average Bonchev–Trinajstić information content (AvgIpc) is 3.24. The van der Waals surface area contributed by atoms with Crippen molar-refractivity contribution >= 4 is 27.3 Å². The highest BCUT2D eigenvalue weighted by Gasteiger charge is 2.29. The van der Waals surface area contributed by atoms with Crippen LogP contribution in [0.15, 0.2) is 83.8 Å². The Balaban J connectivity index is 1.40. The van der Waals surface area contributed by atoms with E-state index in [0.717, 1.165) is 23.8 Å². The topological polar surface area (TPSA) is 69.7 Å². The van der Waals surface area contributed by atoms with Crippen LogP contribution in [0.2, 0.25) is 0 Å². The minimum Gasteiger partial charge on any atom is -0.371 e. The Morgan fingerprint density at radius 2 is 1.67 bits per heavy atom. The van der Waals surface area contributed by atoms with E-state index >= 15 is 0 Å². The molecule has 1 aliphatic rings. The minimum atomic E-state index is -4.12. The number of anilines is 2. The number of para-hydroxylation sites is 2. The van der Waals surface area contributed by atoms with Crippen LogP contribution in [0, 0.1) is 5.82 Å². The van der Waals surface area contributed by atoms with Crippen molar-refractivity contribution in [2.24, 2.45) is 0 Å². The first kappa shape index (κ1) is 22.8. The molecule has 172 valence electrons. The van der Waals surface area contributed by atoms with Gasteiger partial charge < -0.3 is 10.2 Å². The first-order chi connectivity index (χ1) is 16.0. The van der Waals surface area contributed by atoms with Gasteiger partial charge in [0, 0.05) is 25.3 Å². The van der Waals surface area contributed by atoms with Gasteiger partial charge in [0.2, 0.25) is 5.91 Å². The molecule has 1 aliphatic heterocycles. The van der Waals surface area contributed by atoms with E-state index in [0.29, 0.717) is 13.0 Å². The zero-order valence-electron chi connectivity index (χ0n) is 18.2. The van der Waals surface area contributed by atoms with Gasteiger partial charge in [0.25, 0.3) is 10.0 Å². The Morgan fingerprint density at radius 1 is 0.970 bits per heavy atom. The molecule has 0 aromatic heterocycles. The summed E-state index contributed by atoms with van der Waals surface area (Å²) in [4.78, 5) is 14.9. The van der Waals surface area contributed by atoms with Crippen LogP contribution < -0.4 is 14.5 Å². The number of carbonyl (C=O) groups excluding carboxylic acids is 1. The molecule has 1 heterocycles. The molecule has 0 unspecified atom stereocenters. The lowest BCUT2D eigenvalue weighted by Crippen LogP contribution is -2.42. The number of hydrogen-bond donors (Lipinski definition) is 1. The van der Waals surface area contributed by atoms with Crippen molar-refractivity contribution in [1.82, 2.24) is 5.32 Å². The van der Waals surface area contributed by atoms with Crippen molar-refractivity contribution < 1.29 is 17.6 Å². The molecular weight excluding hydrogens is 441 g/mol. The molecule has 1 N–H and O–H groups in total. The lowest BCUT2D eigenvalue weighted by molar-refractivity contribution is -0.119. The van der Waals surface area contributed by atoms with Crippen LogP contribution in [0.25, 0.3) is 0 Å². The third-order valence-electron chi connectivity index (χ3n) is 5.65. The highest BCUT2D eigenvalue weighted by molar-refractivity contribution is 7.92. The maximum atomic E-state index is 14.5. The smallest absolute Gasteiger partial charge is 0.264 e. The van der Waals surface area contributed by atoms with Gasteiger partial charge in [-0.25, -0.2) is 12.8 Å². The Kier molecular flexibility index (Phi) is 6.93. The predicted molar refractivity (Wildman–Crippen MR) is 127 cm³/mol. The second-order valence-corrected chi connectivity index (χ2v) is 9.71. The van der Waals surface area contributed by atoms with Crippen LogP contribution in [0.1, 0.15) is 12.0 Å². The second kappa shape index (κ2) is 10.0. The second-order valence-electron chi connectivity index (χ2n) is 7.85. The molecule has 33 heavy (non-hydrogen) atoms. The fraction of sp³-hybridized carbons (Fsp3) is 0.240. The van der Waals surface area contributed by atoms with Gasteiger partial charge in [0.05, 0.1) is 10.6 Å². The van der Waals surface area contributed by atoms with E-state index in [2.05, 4.69) is 22.3 Å². The Bertz CT molecular complexity index is 1220. The van der Waals surface area contributed by atoms with Gasteiger partial charge >= 0.3 is 0 Å². The van der Waals surface area contributed by atoms with E-state index in [1.807, 2.05) is 12.1 Å². The van der Waals surface area contributed by atoms with Gasteiger partial charge in [0.1, 0.15) is 12.4 Å². The molecule has 3 aromatic rings. The van der Waals surface area contributed by atoms with E-state index < -0.39 is 28.3 Å². The number of hydrogen-bond acceptors (Lipinski definition) is 4. The first-order valence-electron chi connectivity index (χ1n) is 10.9. The van der Waals surface area contributed by atoms with Gasteiger partial charge in [-0.3, -0.25) is 9.10 Å². The zero-order chi connectivity index (χ0) is 23.3. The number of amides is 1. The zero-order valence-corrected chi connectivity index (χ0v) is 19.0. The summed E-state index contributed by atoms with van der Waals surface area (Å²) in [5, 5.41) is 2.78. The number of rotatable bonds is 9. The fourth-order valence-electron chi connectivity index (χ4n) is 4.00. The molecule has 0 fully saturated rings. The summed E-state index contributed by atoms with van der Waals surface area (Å²) in [6.07, 6.45) is 1.72. The summed E-state index contributed by atoms with van der Waals surface area (Å²) in [6, 6.07) is 21.5. The van der Waals surface area contributed by atoms with Gasteiger partial charge in [-0.05, 0) is 48.7 Å². The van der Waals surface area contributed by atoms with Gasteiger partial charge in [0.15, 0.2) is 0 Å². The predicted octanol–water partition coefficient (Wildman–Crippen LogP) is 3.59. The van der Waals surface area contributed by atoms with E-state index in [-0.39, 0.29) is 10.6 Å². The number of nitrogens with one attached hydrogen (secondary N) is 1. The molecule has 0 atom stereocenters. The minimum absolute atomic E-state index is 0.00579. The van der Waals surface area contributed by atoms with Crippen LogP contribution in [0.4, 0.5) is 15.8 Å². The van der Waals surface area contributed by atoms with Crippen molar-refractivity contribution in [2.45, 2.75) is 17.7 Å². The maximum Gasteiger partial charge on any atom is 0.264 e. The summed E-state index contributed by atoms with van der Waals surface area (Å²) in [6.45, 7) is 1.62. The standard InChI is InChI=1S/C25H26FN3O3S/c26-22-12-5-7-14-24(22)29(33(31,32)21-10-2-1-3-11-21)19-25(30)27-16-8-17-28-18-15-20-9-4-6-13-23(20)28/h1-7,9-14H,8,15-19H2,(H,27,30). The van der Waals surface area contributed by atoms with Crippen LogP contribution in [-0.2, 0) is 21.2 Å². The number of nitrogens with zero attached hydrogens (tertiary/aromatic N) is 2. The van der Waals surface area contributed by atoms with Gasteiger partial charge in [-0.15, -0.1) is 0 Å². The summed E-state index contributed by atoms with van der Waals surface area (Å²) < 4.78 is 41.7. The number of fused-ring (bicyclic) bond motifs is 1. The lowest BCUT2D eigenvalue weighted by Gasteiger charge is -2.24. The normalized spacial score (nSPS) is 12.9.